The highest BCUT2D eigenvalue weighted by Crippen LogP contribution is 2.43. The fourth-order valence-corrected chi connectivity index (χ4v) is 9.79. The number of β-lactam (4-membered cyclic amide) rings is 1. The van der Waals surface area contributed by atoms with E-state index in [0.29, 0.717) is 9.78 Å². The Balaban J connectivity index is 1.21. The Bertz CT molecular complexity index is 2080. The smallest absolute Gasteiger partial charge is 0.352 e. The van der Waals surface area contributed by atoms with Crippen LogP contribution in [-0.4, -0.2) is 83.3 Å². The lowest BCUT2D eigenvalue weighted by Gasteiger charge is -2.49. The van der Waals surface area contributed by atoms with E-state index in [4.69, 9.17) is 10.6 Å². The van der Waals surface area contributed by atoms with Gasteiger partial charge in [0.15, 0.2) is 27.2 Å². The Labute approximate surface area is 283 Å². The first kappa shape index (κ1) is 32.9. The average Bonchev–Trinajstić information content (AvgIpc) is 3.66. The standard InChI is InChI=1S/C26H20F2N8O6S5/c1-35-8-30-33-26(35)47-20-11(27)3-10-13(37)4-14(46-19(10)15(20)28)43-5-9-6-44-23-17(22(39)36(23)18(9)24(40)41)32-21(38)16(34-42-2)12-7-45-25(29)31-12/h3-4,7-8,17,23H,5-6H2,1-2H3,(H2,29,31)(H,32,38)(H,40,41)/b34-16-/t17-,23+/m1/s1. The van der Waals surface area contributed by atoms with Gasteiger partial charge < -0.3 is 25.6 Å². The molecule has 4 aromatic rings. The maximum atomic E-state index is 15.6. The van der Waals surface area contributed by atoms with Crippen LogP contribution in [0, 0.1) is 11.6 Å². The van der Waals surface area contributed by atoms with Crippen molar-refractivity contribution in [2.24, 2.45) is 12.2 Å². The summed E-state index contributed by atoms with van der Waals surface area (Å²) in [6, 6.07) is 1.17. The van der Waals surface area contributed by atoms with E-state index in [-0.39, 0.29) is 53.9 Å². The molecule has 0 bridgehead atoms. The van der Waals surface area contributed by atoms with Crippen molar-refractivity contribution in [3.8, 4) is 0 Å². The summed E-state index contributed by atoms with van der Waals surface area (Å²) < 4.78 is 32.2. The molecule has 5 heterocycles. The first-order valence-electron chi connectivity index (χ1n) is 13.1. The van der Waals surface area contributed by atoms with Gasteiger partial charge in [-0.15, -0.1) is 56.4 Å². The van der Waals surface area contributed by atoms with Gasteiger partial charge in [-0.2, -0.15) is 0 Å². The number of hydrogen-bond donors (Lipinski definition) is 3. The molecule has 2 atom stereocenters. The number of anilines is 1. The van der Waals surface area contributed by atoms with Crippen molar-refractivity contribution in [3.05, 3.63) is 62.7 Å². The van der Waals surface area contributed by atoms with Gasteiger partial charge >= 0.3 is 5.97 Å². The molecule has 1 aromatic carbocycles. The van der Waals surface area contributed by atoms with Crippen LogP contribution in [0.3, 0.4) is 0 Å². The van der Waals surface area contributed by atoms with E-state index < -0.39 is 46.3 Å². The van der Waals surface area contributed by atoms with Gasteiger partial charge in [-0.05, 0) is 23.4 Å². The minimum atomic E-state index is -1.35. The number of carbonyl (C=O) groups excluding carboxylic acids is 2. The summed E-state index contributed by atoms with van der Waals surface area (Å²) in [6.45, 7) is 0. The maximum absolute atomic E-state index is 15.6. The molecular formula is C26H20F2N8O6S5. The van der Waals surface area contributed by atoms with E-state index in [1.54, 1.807) is 7.05 Å². The summed E-state index contributed by atoms with van der Waals surface area (Å²) in [4.78, 5) is 60.9. The first-order valence-corrected chi connectivity index (χ1v) is 17.7. The molecular weight excluding hydrogens is 719 g/mol. The molecule has 1 saturated heterocycles. The van der Waals surface area contributed by atoms with Gasteiger partial charge in [-0.25, -0.2) is 18.6 Å². The zero-order valence-electron chi connectivity index (χ0n) is 23.9. The summed E-state index contributed by atoms with van der Waals surface area (Å²) in [5.74, 6) is -4.33. The number of rotatable bonds is 10. The minimum Gasteiger partial charge on any atom is -0.477 e. The largest absolute Gasteiger partial charge is 0.477 e. The molecule has 0 aliphatic carbocycles. The number of thiazole rings is 1. The predicted octanol–water partition coefficient (Wildman–Crippen LogP) is 2.74. The molecule has 0 spiro atoms. The van der Waals surface area contributed by atoms with Crippen LogP contribution in [0.2, 0.25) is 0 Å². The van der Waals surface area contributed by atoms with Crippen LogP contribution < -0.4 is 16.5 Å². The summed E-state index contributed by atoms with van der Waals surface area (Å²) in [5.41, 5.74) is 5.15. The molecule has 0 saturated carbocycles. The van der Waals surface area contributed by atoms with Crippen molar-refractivity contribution in [1.82, 2.24) is 30.0 Å². The molecule has 6 rings (SSSR count). The number of thioether (sulfide) groups is 2. The molecule has 47 heavy (non-hydrogen) atoms. The van der Waals surface area contributed by atoms with Crippen molar-refractivity contribution in [1.29, 1.82) is 0 Å². The highest BCUT2D eigenvalue weighted by molar-refractivity contribution is 8.02. The van der Waals surface area contributed by atoms with Crippen molar-refractivity contribution in [2.75, 3.05) is 24.3 Å². The zero-order valence-corrected chi connectivity index (χ0v) is 28.0. The molecule has 0 unspecified atom stereocenters. The van der Waals surface area contributed by atoms with Gasteiger partial charge in [-0.3, -0.25) is 19.3 Å². The number of benzene rings is 1. The van der Waals surface area contributed by atoms with E-state index >= 15 is 4.39 Å². The second-order valence-electron chi connectivity index (χ2n) is 9.73. The van der Waals surface area contributed by atoms with Crippen LogP contribution >= 0.6 is 58.0 Å². The van der Waals surface area contributed by atoms with Gasteiger partial charge in [0.2, 0.25) is 0 Å². The van der Waals surface area contributed by atoms with Crippen LogP contribution in [0.1, 0.15) is 5.69 Å². The Kier molecular flexibility index (Phi) is 9.25. The van der Waals surface area contributed by atoms with Crippen LogP contribution in [-0.2, 0) is 26.3 Å². The summed E-state index contributed by atoms with van der Waals surface area (Å²) in [6.07, 6.45) is 1.39. The van der Waals surface area contributed by atoms with Gasteiger partial charge in [0.1, 0.15) is 42.1 Å². The molecule has 3 aromatic heterocycles. The van der Waals surface area contributed by atoms with Crippen molar-refractivity contribution in [3.63, 3.8) is 0 Å². The normalized spacial score (nSPS) is 17.9. The second-order valence-corrected chi connectivity index (χ2v) is 15.0. The van der Waals surface area contributed by atoms with Gasteiger partial charge in [0, 0.05) is 35.4 Å². The number of aryl methyl sites for hydroxylation is 1. The number of nitrogens with zero attached hydrogens (tertiary/aromatic N) is 6. The molecule has 14 nitrogen and oxygen atoms in total. The number of halogens is 2. The highest BCUT2D eigenvalue weighted by Gasteiger charge is 2.54. The maximum Gasteiger partial charge on any atom is 0.352 e. The van der Waals surface area contributed by atoms with E-state index in [1.807, 2.05) is 0 Å². The van der Waals surface area contributed by atoms with E-state index in [9.17, 15) is 28.7 Å². The van der Waals surface area contributed by atoms with Crippen LogP contribution in [0.4, 0.5) is 13.9 Å². The van der Waals surface area contributed by atoms with Gasteiger partial charge in [0.05, 0.1) is 13.8 Å². The highest BCUT2D eigenvalue weighted by atomic mass is 32.2. The SMILES string of the molecule is CO/N=C(\C(=O)N[C@@H]1C(=O)N2C(C(=O)O)=C(CSc3cc(=O)c4cc(F)c(Sc5nncn5C)c(F)c4s3)CS[C@@H]12)c1csc(N)n1. The summed E-state index contributed by atoms with van der Waals surface area (Å²) >= 11 is 5.07. The lowest BCUT2D eigenvalue weighted by atomic mass is 10.0. The second kappa shape index (κ2) is 13.2. The quantitative estimate of drug-likeness (QED) is 0.0931. The fourth-order valence-electron chi connectivity index (χ4n) is 4.66. The third kappa shape index (κ3) is 6.20. The molecule has 21 heteroatoms. The number of aromatic nitrogens is 4. The number of nitrogens with two attached hydrogens (primary N) is 1. The Morgan fingerprint density at radius 3 is 2.74 bits per heavy atom. The number of carboxylic acids is 1. The molecule has 2 amide bonds. The topological polar surface area (TPSA) is 195 Å². The van der Waals surface area contributed by atoms with Gasteiger partial charge in [0.25, 0.3) is 11.8 Å². The Morgan fingerprint density at radius 2 is 2.09 bits per heavy atom. The number of hydrogen-bond acceptors (Lipinski definition) is 15. The number of aliphatic carboxylic acids is 1. The Hall–Kier alpha value is -4.05. The van der Waals surface area contributed by atoms with Gasteiger partial charge in [-0.1, -0.05) is 5.16 Å². The molecule has 244 valence electrons. The van der Waals surface area contributed by atoms with Crippen molar-refractivity contribution in [2.45, 2.75) is 25.7 Å². The number of amides is 2. The third-order valence-corrected chi connectivity index (χ3v) is 12.4. The van der Waals surface area contributed by atoms with Crippen LogP contribution in [0.25, 0.3) is 10.1 Å². The molecule has 4 N–H and O–H groups in total. The monoisotopic (exact) mass is 738 g/mol. The Morgan fingerprint density at radius 1 is 1.30 bits per heavy atom. The van der Waals surface area contributed by atoms with Crippen molar-refractivity contribution >= 4 is 96.7 Å². The zero-order chi connectivity index (χ0) is 33.6. The van der Waals surface area contributed by atoms with Crippen LogP contribution in [0.15, 0.2) is 59.3 Å². The molecule has 0 radical (unpaired) electrons. The summed E-state index contributed by atoms with van der Waals surface area (Å²) in [7, 11) is 2.86. The third-order valence-electron chi connectivity index (χ3n) is 6.80. The lowest BCUT2D eigenvalue weighted by Crippen LogP contribution is -2.71. The van der Waals surface area contributed by atoms with E-state index in [0.717, 1.165) is 57.2 Å². The molecule has 2 aliphatic heterocycles. The number of nitrogens with one attached hydrogen (secondary N) is 1. The van der Waals surface area contributed by atoms with Crippen molar-refractivity contribution < 1.29 is 33.1 Å². The number of nitrogen functional groups attached to an aromatic ring is 1. The summed E-state index contributed by atoms with van der Waals surface area (Å²) in [5, 5.41) is 25.0. The molecule has 1 fully saturated rings. The van der Waals surface area contributed by atoms with E-state index in [1.165, 1.54) is 41.2 Å². The average molecular weight is 739 g/mol. The number of carbonyl (C=O) groups is 3. The number of carboxylic acid groups (broad SMARTS) is 1. The lowest BCUT2D eigenvalue weighted by molar-refractivity contribution is -0.150. The van der Waals surface area contributed by atoms with E-state index in [2.05, 4.69) is 25.7 Å². The van der Waals surface area contributed by atoms with Crippen LogP contribution in [0.5, 0.6) is 0 Å². The fraction of sp³-hybridized carbons (Fsp3) is 0.231. The first-order chi connectivity index (χ1) is 22.5. The predicted molar refractivity (Wildman–Crippen MR) is 174 cm³/mol. The minimum absolute atomic E-state index is 0.0584. The number of oxime groups is 1. The number of fused-ring (bicyclic) bond motifs is 2. The molecule has 2 aliphatic rings.